The molecule has 0 saturated carbocycles. The Morgan fingerprint density at radius 1 is 1.21 bits per heavy atom. The molecule has 0 amide bonds. The number of hydrogen-bond donors (Lipinski definition) is 0. The Labute approximate surface area is 138 Å². The molecule has 0 radical (unpaired) electrons. The van der Waals surface area contributed by atoms with Crippen molar-refractivity contribution >= 4 is 22.8 Å². The fourth-order valence-corrected chi connectivity index (χ4v) is 2.47. The number of hydrogen-bond acceptors (Lipinski definition) is 6. The monoisotopic (exact) mass is 324 g/mol. The molecule has 0 saturated heterocycles. The van der Waals surface area contributed by atoms with Crippen LogP contribution in [0.25, 0.3) is 16.9 Å². The highest BCUT2D eigenvalue weighted by atomic mass is 16.5. The van der Waals surface area contributed by atoms with Crippen LogP contribution in [0.5, 0.6) is 0 Å². The average Bonchev–Trinajstić information content (AvgIpc) is 2.91. The van der Waals surface area contributed by atoms with Crippen molar-refractivity contribution in [1.82, 2.24) is 19.5 Å². The van der Waals surface area contributed by atoms with Crippen LogP contribution in [0.2, 0.25) is 0 Å². The van der Waals surface area contributed by atoms with Gasteiger partial charge in [-0.15, -0.1) is 0 Å². The number of Topliss-reactive ketones (excluding diaryl/α,β-unsaturated/α-hetero) is 1. The van der Waals surface area contributed by atoms with E-state index >= 15 is 0 Å². The van der Waals surface area contributed by atoms with Gasteiger partial charge in [0.25, 0.3) is 0 Å². The lowest BCUT2D eigenvalue weighted by Crippen LogP contribution is -2.12. The molecule has 0 aliphatic rings. The van der Waals surface area contributed by atoms with E-state index in [9.17, 15) is 9.59 Å². The van der Waals surface area contributed by atoms with Crippen molar-refractivity contribution in [1.29, 1.82) is 0 Å². The van der Waals surface area contributed by atoms with Gasteiger partial charge in [0.2, 0.25) is 0 Å². The largest absolute Gasteiger partial charge is 0.466 e. The summed E-state index contributed by atoms with van der Waals surface area (Å²) in [5.41, 5.74) is 2.04. The van der Waals surface area contributed by atoms with Crippen molar-refractivity contribution in [2.24, 2.45) is 0 Å². The maximum Gasteiger partial charge on any atom is 0.313 e. The number of esters is 1. The summed E-state index contributed by atoms with van der Waals surface area (Å²) < 4.78 is 6.67. The number of ether oxygens (including phenoxy) is 1. The van der Waals surface area contributed by atoms with Gasteiger partial charge in [0.15, 0.2) is 5.78 Å². The van der Waals surface area contributed by atoms with Gasteiger partial charge in [-0.3, -0.25) is 19.1 Å². The smallest absolute Gasteiger partial charge is 0.313 e. The van der Waals surface area contributed by atoms with Gasteiger partial charge in [-0.25, -0.2) is 9.97 Å². The third kappa shape index (κ3) is 3.01. The molecule has 3 heterocycles. The standard InChI is InChI=1S/C17H16N4O3/c1-3-24-17(23)8-15(22)12-4-5-16(19-9-12)21-11(2)20-13-10-18-7-6-14(13)21/h4-7,9-10H,3,8H2,1-2H3. The van der Waals surface area contributed by atoms with Crippen LogP contribution in [0.4, 0.5) is 0 Å². The molecular weight excluding hydrogens is 308 g/mol. The molecule has 0 aromatic carbocycles. The first-order valence-electron chi connectivity index (χ1n) is 7.54. The molecule has 3 aromatic rings. The Hall–Kier alpha value is -3.09. The molecule has 0 atom stereocenters. The lowest BCUT2D eigenvalue weighted by atomic mass is 10.1. The lowest BCUT2D eigenvalue weighted by molar-refractivity contribution is -0.141. The Kier molecular flexibility index (Phi) is 4.33. The number of carbonyl (C=O) groups excluding carboxylic acids is 2. The molecule has 0 bridgehead atoms. The maximum atomic E-state index is 12.0. The zero-order chi connectivity index (χ0) is 17.1. The summed E-state index contributed by atoms with van der Waals surface area (Å²) in [5.74, 6) is 0.574. The summed E-state index contributed by atoms with van der Waals surface area (Å²) in [6.07, 6.45) is 4.56. The lowest BCUT2D eigenvalue weighted by Gasteiger charge is -2.07. The Bertz CT molecular complexity index is 900. The number of aromatic nitrogens is 4. The van der Waals surface area contributed by atoms with Gasteiger partial charge in [-0.1, -0.05) is 0 Å². The summed E-state index contributed by atoms with van der Waals surface area (Å²) in [4.78, 5) is 36.3. The SMILES string of the molecule is CCOC(=O)CC(=O)c1ccc(-n2c(C)nc3cnccc32)nc1. The van der Waals surface area contributed by atoms with E-state index < -0.39 is 5.97 Å². The van der Waals surface area contributed by atoms with Gasteiger partial charge in [0, 0.05) is 18.0 Å². The van der Waals surface area contributed by atoms with E-state index in [-0.39, 0.29) is 18.8 Å². The number of imidazole rings is 1. The summed E-state index contributed by atoms with van der Waals surface area (Å²) >= 11 is 0. The van der Waals surface area contributed by atoms with Crippen LogP contribution in [-0.2, 0) is 9.53 Å². The fraction of sp³-hybridized carbons (Fsp3) is 0.235. The average molecular weight is 324 g/mol. The summed E-state index contributed by atoms with van der Waals surface area (Å²) in [7, 11) is 0. The number of fused-ring (bicyclic) bond motifs is 1. The predicted molar refractivity (Wildman–Crippen MR) is 87.0 cm³/mol. The zero-order valence-corrected chi connectivity index (χ0v) is 13.4. The number of aryl methyl sites for hydroxylation is 1. The fourth-order valence-electron chi connectivity index (χ4n) is 2.47. The van der Waals surface area contributed by atoms with E-state index in [0.717, 1.165) is 16.9 Å². The molecule has 122 valence electrons. The van der Waals surface area contributed by atoms with E-state index in [1.807, 2.05) is 17.6 Å². The molecule has 0 spiro atoms. The molecule has 24 heavy (non-hydrogen) atoms. The summed E-state index contributed by atoms with van der Waals surface area (Å²) in [6.45, 7) is 3.83. The quantitative estimate of drug-likeness (QED) is 0.406. The first-order chi connectivity index (χ1) is 11.6. The van der Waals surface area contributed by atoms with Crippen LogP contribution in [0.15, 0.2) is 36.8 Å². The molecule has 3 rings (SSSR count). The van der Waals surface area contributed by atoms with Crippen molar-refractivity contribution in [3.8, 4) is 5.82 Å². The Morgan fingerprint density at radius 3 is 2.75 bits per heavy atom. The minimum Gasteiger partial charge on any atom is -0.466 e. The van der Waals surface area contributed by atoms with Crippen molar-refractivity contribution in [2.45, 2.75) is 20.3 Å². The van der Waals surface area contributed by atoms with Gasteiger partial charge in [0.1, 0.15) is 23.6 Å². The van der Waals surface area contributed by atoms with Crippen LogP contribution >= 0.6 is 0 Å². The normalized spacial score (nSPS) is 10.8. The van der Waals surface area contributed by atoms with Crippen LogP contribution in [-0.4, -0.2) is 37.9 Å². The molecule has 7 heteroatoms. The topological polar surface area (TPSA) is 87.0 Å². The van der Waals surface area contributed by atoms with Gasteiger partial charge < -0.3 is 4.74 Å². The van der Waals surface area contributed by atoms with Crippen LogP contribution in [0.1, 0.15) is 29.5 Å². The van der Waals surface area contributed by atoms with Gasteiger partial charge in [-0.2, -0.15) is 0 Å². The van der Waals surface area contributed by atoms with E-state index in [1.54, 1.807) is 31.5 Å². The van der Waals surface area contributed by atoms with Crippen LogP contribution in [0.3, 0.4) is 0 Å². The summed E-state index contributed by atoms with van der Waals surface area (Å²) in [6, 6.07) is 5.24. The van der Waals surface area contributed by atoms with Gasteiger partial charge >= 0.3 is 5.97 Å². The molecule has 0 aliphatic carbocycles. The minimum atomic E-state index is -0.532. The molecular formula is C17H16N4O3. The van der Waals surface area contributed by atoms with Crippen molar-refractivity contribution < 1.29 is 14.3 Å². The first kappa shape index (κ1) is 15.8. The number of ketones is 1. The third-order valence-electron chi connectivity index (χ3n) is 3.53. The zero-order valence-electron chi connectivity index (χ0n) is 13.4. The molecule has 0 fully saturated rings. The number of carbonyl (C=O) groups is 2. The highest BCUT2D eigenvalue weighted by Gasteiger charge is 2.14. The van der Waals surface area contributed by atoms with E-state index in [4.69, 9.17) is 4.74 Å². The Morgan fingerprint density at radius 2 is 2.04 bits per heavy atom. The highest BCUT2D eigenvalue weighted by Crippen LogP contribution is 2.19. The van der Waals surface area contributed by atoms with E-state index in [2.05, 4.69) is 15.0 Å². The minimum absolute atomic E-state index is 0.255. The number of pyridine rings is 2. The van der Waals surface area contributed by atoms with Crippen LogP contribution < -0.4 is 0 Å². The molecule has 7 nitrogen and oxygen atoms in total. The molecule has 0 aliphatic heterocycles. The Balaban J connectivity index is 1.88. The predicted octanol–water partition coefficient (Wildman–Crippen LogP) is 2.26. The van der Waals surface area contributed by atoms with Gasteiger partial charge in [0.05, 0.1) is 18.3 Å². The van der Waals surface area contributed by atoms with E-state index in [0.29, 0.717) is 11.4 Å². The highest BCUT2D eigenvalue weighted by molar-refractivity contribution is 6.05. The molecule has 0 N–H and O–H groups in total. The van der Waals surface area contributed by atoms with Crippen molar-refractivity contribution in [3.63, 3.8) is 0 Å². The second-order valence-corrected chi connectivity index (χ2v) is 5.17. The van der Waals surface area contributed by atoms with Crippen molar-refractivity contribution in [3.05, 3.63) is 48.2 Å². The number of rotatable bonds is 5. The second-order valence-electron chi connectivity index (χ2n) is 5.17. The second kappa shape index (κ2) is 6.57. The van der Waals surface area contributed by atoms with Crippen molar-refractivity contribution in [2.75, 3.05) is 6.61 Å². The van der Waals surface area contributed by atoms with Crippen LogP contribution in [0, 0.1) is 6.92 Å². The molecule has 3 aromatic heterocycles. The third-order valence-corrected chi connectivity index (χ3v) is 3.53. The molecule has 0 unspecified atom stereocenters. The maximum absolute atomic E-state index is 12.0. The number of nitrogens with zero attached hydrogens (tertiary/aromatic N) is 4. The van der Waals surface area contributed by atoms with Gasteiger partial charge in [-0.05, 0) is 32.0 Å². The van der Waals surface area contributed by atoms with E-state index in [1.165, 1.54) is 6.20 Å². The summed E-state index contributed by atoms with van der Waals surface area (Å²) in [5, 5.41) is 0. The first-order valence-corrected chi connectivity index (χ1v) is 7.54.